The van der Waals surface area contributed by atoms with Crippen LogP contribution in [0.15, 0.2) is 12.2 Å². The molecule has 2 heterocycles. The molecule has 136 valence electrons. The number of urea groups is 1. The lowest BCUT2D eigenvalue weighted by molar-refractivity contribution is -0.127. The number of carbonyl (C=O) groups is 2. The topological polar surface area (TPSA) is 55.9 Å². The summed E-state index contributed by atoms with van der Waals surface area (Å²) in [4.78, 5) is 30.3. The third kappa shape index (κ3) is 5.23. The van der Waals surface area contributed by atoms with Gasteiger partial charge in [-0.15, -0.1) is 0 Å². The number of amides is 3. The van der Waals surface area contributed by atoms with Gasteiger partial charge < -0.3 is 15.1 Å². The van der Waals surface area contributed by atoms with Crippen LogP contribution in [0.25, 0.3) is 0 Å². The molecule has 0 radical (unpaired) electrons. The van der Waals surface area contributed by atoms with Crippen LogP contribution in [0.2, 0.25) is 0 Å². The van der Waals surface area contributed by atoms with Gasteiger partial charge in [0.1, 0.15) is 0 Å². The Bertz CT molecular complexity index is 462. The first kappa shape index (κ1) is 18.8. The maximum atomic E-state index is 12.5. The smallest absolute Gasteiger partial charge is 0.319 e. The standard InChI is InChI=1S/C18H32N4O2/c1-14(2)13-21-9-7-16(8-10-21)19-17(23)15-5-11-22(12-6-15)18(24)20(3)4/h15-16H,1,5-13H2,2-4H3,(H,19,23). The molecule has 0 saturated carbocycles. The number of hydrogen-bond donors (Lipinski definition) is 1. The first-order chi connectivity index (χ1) is 11.4. The summed E-state index contributed by atoms with van der Waals surface area (Å²) in [6.07, 6.45) is 3.55. The van der Waals surface area contributed by atoms with Gasteiger partial charge >= 0.3 is 6.03 Å². The third-order valence-corrected chi connectivity index (χ3v) is 4.95. The van der Waals surface area contributed by atoms with Crippen LogP contribution >= 0.6 is 0 Å². The fraction of sp³-hybridized carbons (Fsp3) is 0.778. The fourth-order valence-corrected chi connectivity index (χ4v) is 3.55. The largest absolute Gasteiger partial charge is 0.353 e. The lowest BCUT2D eigenvalue weighted by Gasteiger charge is -2.35. The Kier molecular flexibility index (Phi) is 6.66. The molecule has 0 unspecified atom stereocenters. The van der Waals surface area contributed by atoms with Crippen molar-refractivity contribution in [2.75, 3.05) is 46.8 Å². The Balaban J connectivity index is 1.71. The summed E-state index contributed by atoms with van der Waals surface area (Å²) in [5.41, 5.74) is 1.19. The molecule has 2 rings (SSSR count). The van der Waals surface area contributed by atoms with E-state index in [1.807, 2.05) is 4.90 Å². The van der Waals surface area contributed by atoms with Crippen LogP contribution in [0.3, 0.4) is 0 Å². The molecular weight excluding hydrogens is 304 g/mol. The summed E-state index contributed by atoms with van der Waals surface area (Å²) >= 11 is 0. The quantitative estimate of drug-likeness (QED) is 0.792. The molecule has 0 aliphatic carbocycles. The highest BCUT2D eigenvalue weighted by Gasteiger charge is 2.29. The first-order valence-corrected chi connectivity index (χ1v) is 9.00. The van der Waals surface area contributed by atoms with Crippen molar-refractivity contribution in [3.63, 3.8) is 0 Å². The third-order valence-electron chi connectivity index (χ3n) is 4.95. The average Bonchev–Trinajstić information content (AvgIpc) is 2.55. The normalized spacial score (nSPS) is 20.7. The first-order valence-electron chi connectivity index (χ1n) is 9.00. The van der Waals surface area contributed by atoms with Crippen molar-refractivity contribution in [1.82, 2.24) is 20.0 Å². The number of nitrogens with one attached hydrogen (secondary N) is 1. The predicted octanol–water partition coefficient (Wildman–Crippen LogP) is 1.54. The molecule has 2 aliphatic heterocycles. The van der Waals surface area contributed by atoms with Crippen molar-refractivity contribution < 1.29 is 9.59 Å². The van der Waals surface area contributed by atoms with E-state index in [4.69, 9.17) is 0 Å². The number of hydrogen-bond acceptors (Lipinski definition) is 3. The molecule has 3 amide bonds. The van der Waals surface area contributed by atoms with Gasteiger partial charge in [-0.05, 0) is 32.6 Å². The van der Waals surface area contributed by atoms with E-state index in [1.54, 1.807) is 19.0 Å². The Morgan fingerprint density at radius 1 is 1.08 bits per heavy atom. The van der Waals surface area contributed by atoms with E-state index in [0.29, 0.717) is 19.1 Å². The van der Waals surface area contributed by atoms with E-state index in [9.17, 15) is 9.59 Å². The number of carbonyl (C=O) groups excluding carboxylic acids is 2. The highest BCUT2D eigenvalue weighted by Crippen LogP contribution is 2.19. The Labute approximate surface area is 145 Å². The SMILES string of the molecule is C=C(C)CN1CCC(NC(=O)C2CCN(C(=O)N(C)C)CC2)CC1. The molecule has 0 aromatic rings. The van der Waals surface area contributed by atoms with Crippen molar-refractivity contribution in [2.24, 2.45) is 5.92 Å². The molecule has 2 saturated heterocycles. The molecule has 0 aromatic heterocycles. The van der Waals surface area contributed by atoms with Crippen LogP contribution in [0.5, 0.6) is 0 Å². The van der Waals surface area contributed by atoms with E-state index < -0.39 is 0 Å². The maximum absolute atomic E-state index is 12.5. The molecule has 6 nitrogen and oxygen atoms in total. The van der Waals surface area contributed by atoms with Crippen LogP contribution in [0, 0.1) is 5.92 Å². The number of piperidine rings is 2. The zero-order chi connectivity index (χ0) is 17.7. The van der Waals surface area contributed by atoms with E-state index in [-0.39, 0.29) is 17.9 Å². The monoisotopic (exact) mass is 336 g/mol. The zero-order valence-electron chi connectivity index (χ0n) is 15.4. The minimum Gasteiger partial charge on any atom is -0.353 e. The maximum Gasteiger partial charge on any atom is 0.319 e. The summed E-state index contributed by atoms with van der Waals surface area (Å²) in [6.45, 7) is 10.4. The number of likely N-dealkylation sites (tertiary alicyclic amines) is 2. The van der Waals surface area contributed by atoms with Gasteiger partial charge in [-0.1, -0.05) is 12.2 Å². The van der Waals surface area contributed by atoms with Crippen molar-refractivity contribution in [3.8, 4) is 0 Å². The van der Waals surface area contributed by atoms with Crippen LogP contribution in [-0.2, 0) is 4.79 Å². The van der Waals surface area contributed by atoms with Gasteiger partial charge in [-0.3, -0.25) is 9.69 Å². The summed E-state index contributed by atoms with van der Waals surface area (Å²) in [5.74, 6) is 0.218. The van der Waals surface area contributed by atoms with Crippen molar-refractivity contribution >= 4 is 11.9 Å². The summed E-state index contributed by atoms with van der Waals surface area (Å²) in [7, 11) is 3.53. The zero-order valence-corrected chi connectivity index (χ0v) is 15.4. The van der Waals surface area contributed by atoms with Crippen molar-refractivity contribution in [2.45, 2.75) is 38.6 Å². The summed E-state index contributed by atoms with van der Waals surface area (Å²) in [6, 6.07) is 0.332. The van der Waals surface area contributed by atoms with Gasteiger partial charge in [0.05, 0.1) is 0 Å². The number of nitrogens with zero attached hydrogens (tertiary/aromatic N) is 3. The molecule has 0 atom stereocenters. The van der Waals surface area contributed by atoms with E-state index in [0.717, 1.165) is 45.3 Å². The minimum absolute atomic E-state index is 0.0405. The van der Waals surface area contributed by atoms with Crippen molar-refractivity contribution in [1.29, 1.82) is 0 Å². The molecule has 2 aliphatic rings. The van der Waals surface area contributed by atoms with E-state index in [1.165, 1.54) is 5.57 Å². The average molecular weight is 336 g/mol. The van der Waals surface area contributed by atoms with Gasteiger partial charge in [0.25, 0.3) is 0 Å². The van der Waals surface area contributed by atoms with Crippen LogP contribution in [0.1, 0.15) is 32.6 Å². The van der Waals surface area contributed by atoms with Crippen LogP contribution in [0.4, 0.5) is 4.79 Å². The predicted molar refractivity (Wildman–Crippen MR) is 95.8 cm³/mol. The molecule has 0 aromatic carbocycles. The number of rotatable bonds is 4. The molecule has 6 heteroatoms. The van der Waals surface area contributed by atoms with Gasteiger partial charge in [0.2, 0.25) is 5.91 Å². The Morgan fingerprint density at radius 2 is 1.67 bits per heavy atom. The minimum atomic E-state index is 0.0405. The highest BCUT2D eigenvalue weighted by molar-refractivity contribution is 5.80. The van der Waals surface area contributed by atoms with Gasteiger partial charge in [-0.2, -0.15) is 0 Å². The molecular formula is C18H32N4O2. The summed E-state index contributed by atoms with van der Waals surface area (Å²) in [5, 5.41) is 3.23. The highest BCUT2D eigenvalue weighted by atomic mass is 16.2. The van der Waals surface area contributed by atoms with Gasteiger partial charge in [-0.25, -0.2) is 4.79 Å². The van der Waals surface area contributed by atoms with Gasteiger partial charge in [0, 0.05) is 58.8 Å². The lowest BCUT2D eigenvalue weighted by atomic mass is 9.95. The molecule has 0 spiro atoms. The van der Waals surface area contributed by atoms with Gasteiger partial charge in [0.15, 0.2) is 0 Å². The second-order valence-corrected chi connectivity index (χ2v) is 7.45. The lowest BCUT2D eigenvalue weighted by Crippen LogP contribution is -2.49. The molecule has 2 fully saturated rings. The van der Waals surface area contributed by atoms with E-state index >= 15 is 0 Å². The summed E-state index contributed by atoms with van der Waals surface area (Å²) < 4.78 is 0. The Morgan fingerprint density at radius 3 is 2.17 bits per heavy atom. The van der Waals surface area contributed by atoms with Crippen LogP contribution < -0.4 is 5.32 Å². The second kappa shape index (κ2) is 8.51. The molecule has 24 heavy (non-hydrogen) atoms. The Hall–Kier alpha value is -1.56. The second-order valence-electron chi connectivity index (χ2n) is 7.45. The van der Waals surface area contributed by atoms with Crippen LogP contribution in [-0.4, -0.2) is 79.5 Å². The van der Waals surface area contributed by atoms with Crippen molar-refractivity contribution in [3.05, 3.63) is 12.2 Å². The fourth-order valence-electron chi connectivity index (χ4n) is 3.55. The van der Waals surface area contributed by atoms with E-state index in [2.05, 4.69) is 23.7 Å². The molecule has 1 N–H and O–H groups in total. The molecule has 0 bridgehead atoms.